The molecule has 0 spiro atoms. The number of benzene rings is 2. The number of hydrogen-bond donors (Lipinski definition) is 1. The third-order valence-corrected chi connectivity index (χ3v) is 7.10. The maximum Gasteiger partial charge on any atom is 0.417 e. The Morgan fingerprint density at radius 2 is 1.84 bits per heavy atom. The molecule has 0 aromatic heterocycles. The van der Waals surface area contributed by atoms with E-state index in [-0.39, 0.29) is 24.5 Å². The monoisotopic (exact) mass is 478 g/mol. The molecule has 3 rings (SSSR count). The molecule has 1 N–H and O–H groups in total. The lowest BCUT2D eigenvalue weighted by Crippen LogP contribution is -2.44. The largest absolute Gasteiger partial charge is 0.417 e. The Balaban J connectivity index is 1.68. The summed E-state index contributed by atoms with van der Waals surface area (Å²) in [5, 5.41) is 1.93. The zero-order valence-electron chi connectivity index (χ0n) is 16.1. The molecule has 1 saturated heterocycles. The van der Waals surface area contributed by atoms with Gasteiger partial charge in [0.15, 0.2) is 0 Å². The SMILES string of the molecule is O=C(Nc1ccc(Cl)c(C(F)(F)F)c1)[C@@H]1CCCN(S(=O)(=O)Cc2ccc(F)cc2)C1. The quantitative estimate of drug-likeness (QED) is 0.635. The Morgan fingerprint density at radius 3 is 2.48 bits per heavy atom. The van der Waals surface area contributed by atoms with Gasteiger partial charge in [-0.1, -0.05) is 23.7 Å². The van der Waals surface area contributed by atoms with Gasteiger partial charge in [-0.2, -0.15) is 13.2 Å². The number of nitrogens with one attached hydrogen (secondary N) is 1. The van der Waals surface area contributed by atoms with Gasteiger partial charge in [-0.15, -0.1) is 0 Å². The number of nitrogens with zero attached hydrogens (tertiary/aromatic N) is 1. The Labute approximate surface area is 182 Å². The van der Waals surface area contributed by atoms with Crippen molar-refractivity contribution in [3.63, 3.8) is 0 Å². The minimum Gasteiger partial charge on any atom is -0.326 e. The van der Waals surface area contributed by atoms with Crippen LogP contribution in [0.3, 0.4) is 0 Å². The predicted octanol–water partition coefficient (Wildman–Crippen LogP) is 4.68. The maximum atomic E-state index is 13.0. The lowest BCUT2D eigenvalue weighted by Gasteiger charge is -2.31. The molecule has 2 aromatic carbocycles. The topological polar surface area (TPSA) is 66.5 Å². The van der Waals surface area contributed by atoms with E-state index in [0.717, 1.165) is 12.1 Å². The smallest absolute Gasteiger partial charge is 0.326 e. The fourth-order valence-electron chi connectivity index (χ4n) is 3.36. The van der Waals surface area contributed by atoms with Crippen molar-refractivity contribution >= 4 is 33.2 Å². The zero-order chi connectivity index (χ0) is 22.8. The van der Waals surface area contributed by atoms with E-state index in [2.05, 4.69) is 5.32 Å². The first-order valence-corrected chi connectivity index (χ1v) is 11.3. The van der Waals surface area contributed by atoms with E-state index in [1.807, 2.05) is 0 Å². The number of amides is 1. The minimum absolute atomic E-state index is 0.0759. The van der Waals surface area contributed by atoms with E-state index in [0.29, 0.717) is 18.4 Å². The summed E-state index contributed by atoms with van der Waals surface area (Å²) in [5.74, 6) is -2.11. The minimum atomic E-state index is -4.67. The second kappa shape index (κ2) is 9.13. The normalized spacial score (nSPS) is 18.0. The van der Waals surface area contributed by atoms with Crippen LogP contribution >= 0.6 is 11.6 Å². The van der Waals surface area contributed by atoms with Crippen LogP contribution < -0.4 is 5.32 Å². The molecule has 1 heterocycles. The van der Waals surface area contributed by atoms with Gasteiger partial charge in [0, 0.05) is 18.8 Å². The second-order valence-corrected chi connectivity index (χ2v) is 9.64. The van der Waals surface area contributed by atoms with Crippen molar-refractivity contribution in [2.45, 2.75) is 24.8 Å². The zero-order valence-corrected chi connectivity index (χ0v) is 17.7. The number of hydrogen-bond acceptors (Lipinski definition) is 3. The molecule has 0 bridgehead atoms. The van der Waals surface area contributed by atoms with Gasteiger partial charge < -0.3 is 5.32 Å². The highest BCUT2D eigenvalue weighted by atomic mass is 35.5. The van der Waals surface area contributed by atoms with Crippen molar-refractivity contribution in [3.05, 3.63) is 64.4 Å². The number of piperidine rings is 1. The van der Waals surface area contributed by atoms with E-state index in [4.69, 9.17) is 11.6 Å². The van der Waals surface area contributed by atoms with Crippen molar-refractivity contribution in [3.8, 4) is 0 Å². The second-order valence-electron chi connectivity index (χ2n) is 7.26. The Morgan fingerprint density at radius 1 is 1.16 bits per heavy atom. The first-order chi connectivity index (χ1) is 14.5. The molecule has 0 aliphatic carbocycles. The van der Waals surface area contributed by atoms with Crippen LogP contribution in [-0.4, -0.2) is 31.7 Å². The summed E-state index contributed by atoms with van der Waals surface area (Å²) in [7, 11) is -3.76. The first-order valence-electron chi connectivity index (χ1n) is 9.35. The molecule has 168 valence electrons. The number of sulfonamides is 1. The van der Waals surface area contributed by atoms with E-state index in [1.54, 1.807) is 0 Å². The lowest BCUT2D eigenvalue weighted by molar-refractivity contribution is -0.137. The average Bonchev–Trinajstić information content (AvgIpc) is 2.70. The van der Waals surface area contributed by atoms with Crippen molar-refractivity contribution in [1.29, 1.82) is 0 Å². The molecule has 0 unspecified atom stereocenters. The molecule has 31 heavy (non-hydrogen) atoms. The first kappa shape index (κ1) is 23.5. The molecule has 0 radical (unpaired) electrons. The van der Waals surface area contributed by atoms with Crippen molar-refractivity contribution in [1.82, 2.24) is 4.31 Å². The lowest BCUT2D eigenvalue weighted by atomic mass is 9.98. The molecule has 5 nitrogen and oxygen atoms in total. The van der Waals surface area contributed by atoms with Gasteiger partial charge in [0.05, 0.1) is 22.3 Å². The van der Waals surface area contributed by atoms with Crippen LogP contribution in [0, 0.1) is 11.7 Å². The van der Waals surface area contributed by atoms with Gasteiger partial charge in [0.2, 0.25) is 15.9 Å². The molecule has 1 atom stereocenters. The molecule has 1 aliphatic heterocycles. The molecule has 1 amide bonds. The fraction of sp³-hybridized carbons (Fsp3) is 0.350. The van der Waals surface area contributed by atoms with Gasteiger partial charge in [0.25, 0.3) is 0 Å². The fourth-order valence-corrected chi connectivity index (χ4v) is 5.19. The van der Waals surface area contributed by atoms with Gasteiger partial charge in [-0.05, 0) is 48.7 Å². The summed E-state index contributed by atoms with van der Waals surface area (Å²) in [6, 6.07) is 8.12. The standard InChI is InChI=1S/C20H19ClF4N2O3S/c21-18-8-7-16(10-17(18)20(23,24)25)26-19(28)14-2-1-9-27(11-14)31(29,30)12-13-3-5-15(22)6-4-13/h3-8,10,14H,1-2,9,11-12H2,(H,26,28)/t14-/m1/s1. The number of carbonyl (C=O) groups is 1. The molecule has 1 fully saturated rings. The summed E-state index contributed by atoms with van der Waals surface area (Å²) in [6.07, 6.45) is -3.85. The molecule has 1 aliphatic rings. The van der Waals surface area contributed by atoms with Crippen LogP contribution in [0.2, 0.25) is 5.02 Å². The third-order valence-electron chi connectivity index (χ3n) is 4.95. The van der Waals surface area contributed by atoms with Crippen LogP contribution in [0.1, 0.15) is 24.0 Å². The Hall–Kier alpha value is -2.17. The van der Waals surface area contributed by atoms with Gasteiger partial charge in [-0.25, -0.2) is 17.1 Å². The van der Waals surface area contributed by atoms with Crippen LogP contribution in [-0.2, 0) is 26.7 Å². The van der Waals surface area contributed by atoms with E-state index in [1.165, 1.54) is 34.6 Å². The number of alkyl halides is 3. The molecule has 2 aromatic rings. The van der Waals surface area contributed by atoms with E-state index >= 15 is 0 Å². The van der Waals surface area contributed by atoms with Gasteiger partial charge in [0.1, 0.15) is 5.82 Å². The van der Waals surface area contributed by atoms with Gasteiger partial charge in [-0.3, -0.25) is 4.79 Å². The average molecular weight is 479 g/mol. The summed E-state index contributed by atoms with van der Waals surface area (Å²) in [6.45, 7) is 0.140. The molecule has 11 heteroatoms. The summed E-state index contributed by atoms with van der Waals surface area (Å²) in [5.41, 5.74) is -0.735. The number of carbonyl (C=O) groups excluding carboxylic acids is 1. The number of halogens is 5. The van der Waals surface area contributed by atoms with Crippen molar-refractivity contribution in [2.75, 3.05) is 18.4 Å². The van der Waals surface area contributed by atoms with Crippen molar-refractivity contribution < 1.29 is 30.8 Å². The van der Waals surface area contributed by atoms with Crippen LogP contribution in [0.25, 0.3) is 0 Å². The van der Waals surface area contributed by atoms with Crippen LogP contribution in [0.4, 0.5) is 23.2 Å². The van der Waals surface area contributed by atoms with Gasteiger partial charge >= 0.3 is 6.18 Å². The highest BCUT2D eigenvalue weighted by molar-refractivity contribution is 7.88. The molecular formula is C20H19ClF4N2O3S. The predicted molar refractivity (Wildman–Crippen MR) is 108 cm³/mol. The Kier molecular flexibility index (Phi) is 6.92. The Bertz CT molecular complexity index is 1060. The van der Waals surface area contributed by atoms with Crippen molar-refractivity contribution in [2.24, 2.45) is 5.92 Å². The van der Waals surface area contributed by atoms with Crippen LogP contribution in [0.15, 0.2) is 42.5 Å². The maximum absolute atomic E-state index is 13.0. The summed E-state index contributed by atoms with van der Waals surface area (Å²) < 4.78 is 78.7. The number of rotatable bonds is 5. The summed E-state index contributed by atoms with van der Waals surface area (Å²) in [4.78, 5) is 12.6. The molecule has 0 saturated carbocycles. The van der Waals surface area contributed by atoms with E-state index in [9.17, 15) is 30.8 Å². The highest BCUT2D eigenvalue weighted by Crippen LogP contribution is 2.36. The highest BCUT2D eigenvalue weighted by Gasteiger charge is 2.35. The molecular weight excluding hydrogens is 460 g/mol. The number of anilines is 1. The third kappa shape index (κ3) is 5.96. The van der Waals surface area contributed by atoms with Crippen LogP contribution in [0.5, 0.6) is 0 Å². The van der Waals surface area contributed by atoms with E-state index < -0.39 is 44.4 Å². The summed E-state index contributed by atoms with van der Waals surface area (Å²) >= 11 is 5.58.